The van der Waals surface area contributed by atoms with Gasteiger partial charge in [-0.15, -0.1) is 0 Å². The average Bonchev–Trinajstić information content (AvgIpc) is 3.16. The van der Waals surface area contributed by atoms with Gasteiger partial charge in [-0.05, 0) is 43.7 Å². The average molecular weight is 402 g/mol. The van der Waals surface area contributed by atoms with Gasteiger partial charge < -0.3 is 19.8 Å². The molecule has 0 saturated carbocycles. The third kappa shape index (κ3) is 3.69. The van der Waals surface area contributed by atoms with E-state index >= 15 is 0 Å². The maximum Gasteiger partial charge on any atom is 0.328 e. The Bertz CT molecular complexity index is 1170. The molecule has 0 saturated heterocycles. The normalized spacial score (nSPS) is 11.9. The van der Waals surface area contributed by atoms with Crippen molar-refractivity contribution < 1.29 is 14.3 Å². The van der Waals surface area contributed by atoms with Gasteiger partial charge in [0, 0.05) is 11.8 Å². The molecule has 0 bridgehead atoms. The van der Waals surface area contributed by atoms with Crippen LogP contribution < -0.4 is 10.5 Å². The first-order valence-corrected chi connectivity index (χ1v) is 9.69. The van der Waals surface area contributed by atoms with Gasteiger partial charge in [0.25, 0.3) is 0 Å². The van der Waals surface area contributed by atoms with E-state index in [-0.39, 0.29) is 5.97 Å². The van der Waals surface area contributed by atoms with Gasteiger partial charge in [0.1, 0.15) is 35.3 Å². The van der Waals surface area contributed by atoms with Crippen molar-refractivity contribution in [3.63, 3.8) is 0 Å². The molecule has 7 nitrogen and oxygen atoms in total. The molecule has 30 heavy (non-hydrogen) atoms. The van der Waals surface area contributed by atoms with Crippen molar-refractivity contribution in [1.29, 1.82) is 0 Å². The Hall–Kier alpha value is -3.87. The maximum atomic E-state index is 12.3. The lowest BCUT2D eigenvalue weighted by Gasteiger charge is -2.13. The molecule has 1 unspecified atom stereocenters. The largest absolute Gasteiger partial charge is 0.464 e. The van der Waals surface area contributed by atoms with E-state index in [1.54, 1.807) is 18.4 Å². The van der Waals surface area contributed by atoms with Gasteiger partial charge in [-0.25, -0.2) is 14.8 Å². The minimum absolute atomic E-state index is 0.315. The molecule has 0 aliphatic carbocycles. The van der Waals surface area contributed by atoms with Gasteiger partial charge >= 0.3 is 5.97 Å². The fourth-order valence-electron chi connectivity index (χ4n) is 3.33. The zero-order chi connectivity index (χ0) is 21.1. The number of benzene rings is 2. The van der Waals surface area contributed by atoms with Gasteiger partial charge in [0.15, 0.2) is 0 Å². The number of para-hydroxylation sites is 1. The molecule has 0 spiro atoms. The van der Waals surface area contributed by atoms with E-state index in [9.17, 15) is 4.79 Å². The number of nitrogens with zero attached hydrogens (tertiary/aromatic N) is 3. The summed E-state index contributed by atoms with van der Waals surface area (Å²) in [5.74, 6) is 1.51. The summed E-state index contributed by atoms with van der Waals surface area (Å²) in [6, 6.07) is 16.7. The summed E-state index contributed by atoms with van der Waals surface area (Å²) >= 11 is 0. The minimum atomic E-state index is -0.545. The Balaban J connectivity index is 1.73. The van der Waals surface area contributed by atoms with Crippen molar-refractivity contribution >= 4 is 22.8 Å². The standard InChI is InChI=1S/C23H22N4O3/c1-3-29-23(28)15(2)27-13-19(20-21(24)25-14-26-22(20)27)16-9-11-18(12-10-16)30-17-7-5-4-6-8-17/h4-15H,3H2,1-2H3,(H2,24,25,26). The molecule has 4 rings (SSSR count). The summed E-state index contributed by atoms with van der Waals surface area (Å²) in [6.45, 7) is 3.87. The lowest BCUT2D eigenvalue weighted by molar-refractivity contribution is -0.146. The number of nitrogen functional groups attached to an aromatic ring is 1. The fraction of sp³-hybridized carbons (Fsp3) is 0.174. The predicted molar refractivity (Wildman–Crippen MR) is 115 cm³/mol. The van der Waals surface area contributed by atoms with Crippen LogP contribution >= 0.6 is 0 Å². The topological polar surface area (TPSA) is 92.3 Å². The van der Waals surface area contributed by atoms with Crippen molar-refractivity contribution in [2.75, 3.05) is 12.3 Å². The Morgan fingerprint density at radius 3 is 2.47 bits per heavy atom. The highest BCUT2D eigenvalue weighted by molar-refractivity contribution is 6.01. The number of ether oxygens (including phenoxy) is 2. The van der Waals surface area contributed by atoms with E-state index in [1.165, 1.54) is 6.33 Å². The van der Waals surface area contributed by atoms with Crippen LogP contribution in [0.25, 0.3) is 22.2 Å². The Labute approximate surface area is 174 Å². The van der Waals surface area contributed by atoms with E-state index < -0.39 is 6.04 Å². The second-order valence-corrected chi connectivity index (χ2v) is 6.78. The van der Waals surface area contributed by atoms with E-state index in [1.807, 2.05) is 60.8 Å². The molecule has 1 atom stereocenters. The Morgan fingerprint density at radius 2 is 1.77 bits per heavy atom. The molecule has 2 heterocycles. The molecule has 2 aromatic carbocycles. The highest BCUT2D eigenvalue weighted by Crippen LogP contribution is 2.35. The number of aromatic nitrogens is 3. The van der Waals surface area contributed by atoms with Crippen LogP contribution in [0.2, 0.25) is 0 Å². The zero-order valence-corrected chi connectivity index (χ0v) is 16.8. The van der Waals surface area contributed by atoms with Crippen molar-refractivity contribution in [2.45, 2.75) is 19.9 Å². The molecule has 152 valence electrons. The van der Waals surface area contributed by atoms with Gasteiger partial charge in [-0.1, -0.05) is 30.3 Å². The zero-order valence-electron chi connectivity index (χ0n) is 16.8. The third-order valence-electron chi connectivity index (χ3n) is 4.83. The van der Waals surface area contributed by atoms with Gasteiger partial charge in [0.05, 0.1) is 12.0 Å². The minimum Gasteiger partial charge on any atom is -0.464 e. The first-order chi connectivity index (χ1) is 14.6. The number of fused-ring (bicyclic) bond motifs is 1. The molecule has 0 radical (unpaired) electrons. The monoisotopic (exact) mass is 402 g/mol. The van der Waals surface area contributed by atoms with Crippen molar-refractivity contribution in [1.82, 2.24) is 14.5 Å². The maximum absolute atomic E-state index is 12.3. The van der Waals surface area contributed by atoms with Crippen LogP contribution in [0.15, 0.2) is 67.1 Å². The first-order valence-electron chi connectivity index (χ1n) is 9.69. The highest BCUT2D eigenvalue weighted by atomic mass is 16.5. The van der Waals surface area contributed by atoms with Crippen LogP contribution in [-0.4, -0.2) is 27.1 Å². The molecule has 0 fully saturated rings. The third-order valence-corrected chi connectivity index (χ3v) is 4.83. The summed E-state index contributed by atoms with van der Waals surface area (Å²) in [6.07, 6.45) is 3.26. The van der Waals surface area contributed by atoms with Crippen LogP contribution in [0.1, 0.15) is 19.9 Å². The second kappa shape index (κ2) is 8.24. The molecule has 0 aliphatic rings. The number of rotatable bonds is 6. The number of anilines is 1. The van der Waals surface area contributed by atoms with Gasteiger partial charge in [0.2, 0.25) is 0 Å². The molecule has 4 aromatic rings. The summed E-state index contributed by atoms with van der Waals surface area (Å²) in [5, 5.41) is 0.699. The number of hydrogen-bond acceptors (Lipinski definition) is 6. The number of esters is 1. The number of carbonyl (C=O) groups is 1. The van der Waals surface area contributed by atoms with Crippen LogP contribution in [0, 0.1) is 0 Å². The summed E-state index contributed by atoms with van der Waals surface area (Å²) < 4.78 is 12.8. The Kier molecular flexibility index (Phi) is 5.34. The van der Waals surface area contributed by atoms with Gasteiger partial charge in [-0.2, -0.15) is 0 Å². The predicted octanol–water partition coefficient (Wildman–Crippen LogP) is 4.60. The molecule has 0 aliphatic heterocycles. The van der Waals surface area contributed by atoms with Crippen LogP contribution in [0.4, 0.5) is 5.82 Å². The number of nitrogens with two attached hydrogens (primary N) is 1. The number of hydrogen-bond donors (Lipinski definition) is 1. The van der Waals surface area contributed by atoms with Crippen LogP contribution in [-0.2, 0) is 9.53 Å². The van der Waals surface area contributed by atoms with E-state index in [4.69, 9.17) is 15.2 Å². The fourth-order valence-corrected chi connectivity index (χ4v) is 3.33. The summed E-state index contributed by atoms with van der Waals surface area (Å²) in [4.78, 5) is 20.8. The van der Waals surface area contributed by atoms with Crippen molar-refractivity contribution in [3.8, 4) is 22.6 Å². The summed E-state index contributed by atoms with van der Waals surface area (Å²) in [7, 11) is 0. The van der Waals surface area contributed by atoms with Crippen molar-refractivity contribution in [3.05, 3.63) is 67.1 Å². The smallest absolute Gasteiger partial charge is 0.328 e. The Morgan fingerprint density at radius 1 is 1.07 bits per heavy atom. The first kappa shape index (κ1) is 19.4. The quantitative estimate of drug-likeness (QED) is 0.474. The lowest BCUT2D eigenvalue weighted by atomic mass is 10.1. The van der Waals surface area contributed by atoms with Gasteiger partial charge in [-0.3, -0.25) is 0 Å². The molecule has 7 heteroatoms. The summed E-state index contributed by atoms with van der Waals surface area (Å²) in [5.41, 5.74) is 8.51. The van der Waals surface area contributed by atoms with Crippen LogP contribution in [0.3, 0.4) is 0 Å². The molecule has 0 amide bonds. The van der Waals surface area contributed by atoms with Crippen LogP contribution in [0.5, 0.6) is 11.5 Å². The van der Waals surface area contributed by atoms with E-state index in [2.05, 4.69) is 9.97 Å². The SMILES string of the molecule is CCOC(=O)C(C)n1cc(-c2ccc(Oc3ccccc3)cc2)c2c(N)ncnc21. The number of carbonyl (C=O) groups excluding carboxylic acids is 1. The van der Waals surface area contributed by atoms with E-state index in [0.717, 1.165) is 22.6 Å². The van der Waals surface area contributed by atoms with E-state index in [0.29, 0.717) is 23.5 Å². The molecule has 2 N–H and O–H groups in total. The molecular formula is C23H22N4O3. The molecular weight excluding hydrogens is 380 g/mol. The van der Waals surface area contributed by atoms with Crippen molar-refractivity contribution in [2.24, 2.45) is 0 Å². The second-order valence-electron chi connectivity index (χ2n) is 6.78. The molecule has 2 aromatic heterocycles. The lowest BCUT2D eigenvalue weighted by Crippen LogP contribution is -2.18. The highest BCUT2D eigenvalue weighted by Gasteiger charge is 2.22.